The van der Waals surface area contributed by atoms with Crippen molar-refractivity contribution in [2.75, 3.05) is 25.5 Å². The van der Waals surface area contributed by atoms with E-state index in [4.69, 9.17) is 4.74 Å². The van der Waals surface area contributed by atoms with Gasteiger partial charge in [0.05, 0.1) is 25.0 Å². The summed E-state index contributed by atoms with van der Waals surface area (Å²) in [6, 6.07) is 17.1. The largest absolute Gasteiger partial charge is 0.508 e. The van der Waals surface area contributed by atoms with Crippen LogP contribution in [0.5, 0.6) is 23.0 Å². The van der Waals surface area contributed by atoms with Crippen LogP contribution in [0.15, 0.2) is 60.7 Å². The number of rotatable bonds is 13. The number of carbonyl (C=O) groups is 1. The average molecular weight is 556 g/mol. The number of benzene rings is 3. The summed E-state index contributed by atoms with van der Waals surface area (Å²) < 4.78 is 5.14. The lowest BCUT2D eigenvalue weighted by Crippen LogP contribution is -2.32. The molecule has 0 heterocycles. The Bertz CT molecular complexity index is 1170. The molecular formula is C30H41N3O7. The van der Waals surface area contributed by atoms with Crippen molar-refractivity contribution >= 4 is 12.1 Å². The second kappa shape index (κ2) is 16.3. The molecule has 0 saturated heterocycles. The minimum absolute atomic E-state index is 0.0381. The number of phenolic OH excluding ortho intramolecular Hbond substituents is 3. The number of aromatic hydroxyl groups is 3. The van der Waals surface area contributed by atoms with Gasteiger partial charge in [-0.25, -0.2) is 0 Å². The number of hydrogen-bond acceptors (Lipinski definition) is 9. The molecule has 0 fully saturated rings. The number of hydrogen-bond donors (Lipinski definition) is 8. The van der Waals surface area contributed by atoms with Gasteiger partial charge in [-0.15, -0.1) is 0 Å². The van der Waals surface area contributed by atoms with Crippen LogP contribution in [-0.4, -0.2) is 64.2 Å². The summed E-state index contributed by atoms with van der Waals surface area (Å²) in [4.78, 5) is 10.5. The molecule has 0 aliphatic rings. The maximum absolute atomic E-state index is 10.5. The number of amides is 1. The highest BCUT2D eigenvalue weighted by molar-refractivity contribution is 5.75. The lowest BCUT2D eigenvalue weighted by atomic mass is 10.1. The summed E-state index contributed by atoms with van der Waals surface area (Å²) in [5.41, 5.74) is 2.57. The molecule has 3 rings (SSSR count). The zero-order valence-corrected chi connectivity index (χ0v) is 23.3. The molecule has 10 heteroatoms. The van der Waals surface area contributed by atoms with Crippen molar-refractivity contribution in [1.82, 2.24) is 10.6 Å². The standard InChI is InChI=1S/C19H24N2O4.C11H17NO3/c1-13(9-14-3-6-16(25-2)7-4-14)20-11-19(24)15-5-8-18(23)17(10-15)21-12-22;1-7(2)12-6-11(15)8-3-9(13)5-10(14)4-8/h3-8,10,12-13,19-20,23-24H,9,11H2,1-2H3,(H,21,22);3-5,7,11-15H,6H2,1-2H3/t13-,19+;/m1./s1. The van der Waals surface area contributed by atoms with Crippen LogP contribution in [0.25, 0.3) is 0 Å². The topological polar surface area (TPSA) is 164 Å². The van der Waals surface area contributed by atoms with E-state index in [2.05, 4.69) is 16.0 Å². The molecule has 40 heavy (non-hydrogen) atoms. The number of carbonyl (C=O) groups excluding carboxylic acids is 1. The summed E-state index contributed by atoms with van der Waals surface area (Å²) in [6.45, 7) is 6.76. The van der Waals surface area contributed by atoms with Crippen molar-refractivity contribution in [3.8, 4) is 23.0 Å². The molecule has 1 unspecified atom stereocenters. The van der Waals surface area contributed by atoms with Crippen LogP contribution >= 0.6 is 0 Å². The minimum Gasteiger partial charge on any atom is -0.508 e. The molecule has 3 aromatic rings. The van der Waals surface area contributed by atoms with E-state index in [1.807, 2.05) is 45.0 Å². The summed E-state index contributed by atoms with van der Waals surface area (Å²) in [7, 11) is 1.64. The number of phenols is 3. The van der Waals surface area contributed by atoms with Crippen LogP contribution in [0.2, 0.25) is 0 Å². The molecule has 0 bridgehead atoms. The second-order valence-electron chi connectivity index (χ2n) is 9.78. The van der Waals surface area contributed by atoms with Gasteiger partial charge in [0, 0.05) is 31.2 Å². The number of ether oxygens (including phenoxy) is 1. The van der Waals surface area contributed by atoms with E-state index in [0.717, 1.165) is 12.2 Å². The highest BCUT2D eigenvalue weighted by Gasteiger charge is 2.13. The molecule has 3 atom stereocenters. The molecule has 0 aliphatic heterocycles. The van der Waals surface area contributed by atoms with E-state index < -0.39 is 12.2 Å². The minimum atomic E-state index is -0.744. The molecule has 0 aromatic heterocycles. The predicted octanol–water partition coefficient (Wildman–Crippen LogP) is 3.35. The van der Waals surface area contributed by atoms with Crippen molar-refractivity contribution in [1.29, 1.82) is 0 Å². The first-order valence-corrected chi connectivity index (χ1v) is 13.0. The molecular weight excluding hydrogens is 514 g/mol. The summed E-state index contributed by atoms with van der Waals surface area (Å²) in [5.74, 6) is 0.693. The molecule has 1 amide bonds. The lowest BCUT2D eigenvalue weighted by molar-refractivity contribution is -0.105. The van der Waals surface area contributed by atoms with E-state index in [0.29, 0.717) is 30.6 Å². The van der Waals surface area contributed by atoms with Crippen LogP contribution in [0, 0.1) is 0 Å². The van der Waals surface area contributed by atoms with E-state index in [1.165, 1.54) is 29.8 Å². The third-order valence-corrected chi connectivity index (χ3v) is 6.01. The first-order valence-electron chi connectivity index (χ1n) is 13.0. The van der Waals surface area contributed by atoms with Gasteiger partial charge in [0.25, 0.3) is 0 Å². The van der Waals surface area contributed by atoms with E-state index in [9.17, 15) is 30.3 Å². The fourth-order valence-electron chi connectivity index (χ4n) is 3.83. The predicted molar refractivity (Wildman–Crippen MR) is 155 cm³/mol. The smallest absolute Gasteiger partial charge is 0.211 e. The van der Waals surface area contributed by atoms with E-state index in [-0.39, 0.29) is 35.0 Å². The van der Waals surface area contributed by atoms with Crippen molar-refractivity contribution in [2.45, 2.75) is 51.5 Å². The average Bonchev–Trinajstić information content (AvgIpc) is 2.92. The number of nitrogens with one attached hydrogen (secondary N) is 3. The van der Waals surface area contributed by atoms with Gasteiger partial charge in [0.1, 0.15) is 23.0 Å². The van der Waals surface area contributed by atoms with Gasteiger partial charge in [-0.05, 0) is 66.4 Å². The third-order valence-electron chi connectivity index (χ3n) is 6.01. The van der Waals surface area contributed by atoms with Gasteiger partial charge in [-0.2, -0.15) is 0 Å². The molecule has 0 spiro atoms. The first-order chi connectivity index (χ1) is 19.0. The Labute approximate surface area is 235 Å². The second-order valence-corrected chi connectivity index (χ2v) is 9.78. The third kappa shape index (κ3) is 11.1. The zero-order chi connectivity index (χ0) is 29.7. The van der Waals surface area contributed by atoms with Crippen LogP contribution in [0.3, 0.4) is 0 Å². The quantitative estimate of drug-likeness (QED) is 0.117. The maximum Gasteiger partial charge on any atom is 0.211 e. The van der Waals surface area contributed by atoms with Gasteiger partial charge in [0.15, 0.2) is 0 Å². The molecule has 0 aliphatic carbocycles. The van der Waals surface area contributed by atoms with Crippen LogP contribution in [-0.2, 0) is 11.2 Å². The number of aliphatic hydroxyl groups is 2. The molecule has 8 N–H and O–H groups in total. The maximum atomic E-state index is 10.5. The molecule has 0 saturated carbocycles. The Morgan fingerprint density at radius 3 is 1.98 bits per heavy atom. The van der Waals surface area contributed by atoms with Gasteiger partial charge >= 0.3 is 0 Å². The van der Waals surface area contributed by atoms with E-state index >= 15 is 0 Å². The Hall–Kier alpha value is -3.83. The van der Waals surface area contributed by atoms with Crippen molar-refractivity contribution in [2.24, 2.45) is 0 Å². The Morgan fingerprint density at radius 2 is 1.40 bits per heavy atom. The van der Waals surface area contributed by atoms with Crippen LogP contribution in [0.4, 0.5) is 5.69 Å². The zero-order valence-electron chi connectivity index (χ0n) is 23.3. The number of methoxy groups -OCH3 is 1. The summed E-state index contributed by atoms with van der Waals surface area (Å²) in [5, 5.41) is 56.9. The van der Waals surface area contributed by atoms with Crippen molar-refractivity contribution < 1.29 is 35.1 Å². The normalized spacial score (nSPS) is 13.1. The highest BCUT2D eigenvalue weighted by atomic mass is 16.5. The van der Waals surface area contributed by atoms with Crippen LogP contribution < -0.4 is 20.7 Å². The van der Waals surface area contributed by atoms with Crippen LogP contribution in [0.1, 0.15) is 49.7 Å². The molecule has 218 valence electrons. The summed E-state index contributed by atoms with van der Waals surface area (Å²) in [6.07, 6.45) is -0.165. The van der Waals surface area contributed by atoms with Gasteiger partial charge in [-0.1, -0.05) is 32.0 Å². The fraction of sp³-hybridized carbons (Fsp3) is 0.367. The first kappa shape index (κ1) is 32.4. The number of anilines is 1. The van der Waals surface area contributed by atoms with Gasteiger partial charge in [-0.3, -0.25) is 4.79 Å². The van der Waals surface area contributed by atoms with E-state index in [1.54, 1.807) is 19.2 Å². The van der Waals surface area contributed by atoms with Crippen molar-refractivity contribution in [3.63, 3.8) is 0 Å². The number of aliphatic hydroxyl groups excluding tert-OH is 2. The Morgan fingerprint density at radius 1 is 0.800 bits per heavy atom. The monoisotopic (exact) mass is 555 g/mol. The lowest BCUT2D eigenvalue weighted by Gasteiger charge is -2.18. The highest BCUT2D eigenvalue weighted by Crippen LogP contribution is 2.27. The fourth-order valence-corrected chi connectivity index (χ4v) is 3.83. The van der Waals surface area contributed by atoms with Gasteiger partial charge < -0.3 is 46.2 Å². The molecule has 3 aromatic carbocycles. The Balaban J connectivity index is 0.000000319. The summed E-state index contributed by atoms with van der Waals surface area (Å²) >= 11 is 0. The van der Waals surface area contributed by atoms with Gasteiger partial charge in [0.2, 0.25) is 6.41 Å². The Kier molecular flexibility index (Phi) is 13.2. The molecule has 0 radical (unpaired) electrons. The molecule has 10 nitrogen and oxygen atoms in total. The SMILES string of the molecule is CC(C)NCC(O)c1cc(O)cc(O)c1.COc1ccc(C[C@@H](C)NC[C@H](O)c2ccc(O)c(NC=O)c2)cc1. The van der Waals surface area contributed by atoms with Crippen molar-refractivity contribution in [3.05, 3.63) is 77.4 Å².